The second-order valence-electron chi connectivity index (χ2n) is 5.74. The van der Waals surface area contributed by atoms with Crippen LogP contribution in [0.1, 0.15) is 16.8 Å². The molecule has 1 aromatic carbocycles. The van der Waals surface area contributed by atoms with Gasteiger partial charge in [0.25, 0.3) is 5.56 Å². The van der Waals surface area contributed by atoms with Crippen LogP contribution in [-0.4, -0.2) is 40.7 Å². The average molecular weight is 474 g/mol. The summed E-state index contributed by atoms with van der Waals surface area (Å²) in [7, 11) is 0.599. The standard InChI is InChI=1S/C18H20BrNO7S/c1-11-8-12(20(16(21)9-11)27-28(5,22)23)6-7-13-14(24-2)10-15(25-3)17(19)18(13)26-4/h6-10H,1-5H3. The molecule has 2 aromatic rings. The van der Waals surface area contributed by atoms with Crippen molar-refractivity contribution in [3.8, 4) is 17.2 Å². The Hall–Kier alpha value is -2.46. The van der Waals surface area contributed by atoms with Crippen LogP contribution in [0.2, 0.25) is 0 Å². The molecule has 1 heterocycles. The van der Waals surface area contributed by atoms with E-state index in [4.69, 9.17) is 18.5 Å². The summed E-state index contributed by atoms with van der Waals surface area (Å²) < 4.78 is 45.3. The van der Waals surface area contributed by atoms with Gasteiger partial charge in [0.15, 0.2) is 0 Å². The number of aryl methyl sites for hydroxylation is 1. The van der Waals surface area contributed by atoms with Gasteiger partial charge in [-0.25, -0.2) is 0 Å². The van der Waals surface area contributed by atoms with Crippen molar-refractivity contribution in [3.05, 3.63) is 49.8 Å². The van der Waals surface area contributed by atoms with Crippen LogP contribution in [0.25, 0.3) is 12.2 Å². The van der Waals surface area contributed by atoms with Gasteiger partial charge in [-0.1, -0.05) is 0 Å². The first-order valence-corrected chi connectivity index (χ1v) is 10.5. The topological polar surface area (TPSA) is 93.1 Å². The highest BCUT2D eigenvalue weighted by Gasteiger charge is 2.18. The van der Waals surface area contributed by atoms with Gasteiger partial charge < -0.3 is 14.2 Å². The summed E-state index contributed by atoms with van der Waals surface area (Å²) in [5.74, 6) is 1.41. The second kappa shape index (κ2) is 8.70. The largest absolute Gasteiger partial charge is 0.496 e. The fourth-order valence-corrected chi connectivity index (χ4v) is 3.57. The molecule has 0 aliphatic carbocycles. The number of benzene rings is 1. The molecule has 0 radical (unpaired) electrons. The summed E-state index contributed by atoms with van der Waals surface area (Å²) in [6.07, 6.45) is 4.01. The molecule has 0 spiro atoms. The van der Waals surface area contributed by atoms with Crippen molar-refractivity contribution in [1.29, 1.82) is 0 Å². The summed E-state index contributed by atoms with van der Waals surface area (Å²) >= 11 is 3.42. The Morgan fingerprint density at radius 1 is 1.00 bits per heavy atom. The Morgan fingerprint density at radius 3 is 2.18 bits per heavy atom. The van der Waals surface area contributed by atoms with Crippen molar-refractivity contribution >= 4 is 38.2 Å². The normalized spacial score (nSPS) is 11.5. The summed E-state index contributed by atoms with van der Waals surface area (Å²) in [4.78, 5) is 12.2. The van der Waals surface area contributed by atoms with E-state index in [0.717, 1.165) is 6.26 Å². The van der Waals surface area contributed by atoms with Crippen LogP contribution in [0.5, 0.6) is 17.2 Å². The maximum absolute atomic E-state index is 12.2. The maximum atomic E-state index is 12.2. The zero-order valence-electron chi connectivity index (χ0n) is 16.0. The lowest BCUT2D eigenvalue weighted by atomic mass is 10.1. The van der Waals surface area contributed by atoms with Crippen molar-refractivity contribution in [1.82, 2.24) is 4.73 Å². The van der Waals surface area contributed by atoms with Crippen LogP contribution in [-0.2, 0) is 10.1 Å². The molecule has 10 heteroatoms. The molecule has 0 amide bonds. The number of rotatable bonds is 7. The van der Waals surface area contributed by atoms with Crippen LogP contribution < -0.4 is 24.1 Å². The van der Waals surface area contributed by atoms with Gasteiger partial charge in [-0.3, -0.25) is 9.08 Å². The van der Waals surface area contributed by atoms with E-state index in [1.807, 2.05) is 0 Å². The Labute approximate surface area is 171 Å². The van der Waals surface area contributed by atoms with Crippen molar-refractivity contribution in [2.24, 2.45) is 0 Å². The number of ether oxygens (including phenoxy) is 3. The van der Waals surface area contributed by atoms with E-state index in [1.165, 1.54) is 33.5 Å². The maximum Gasteiger partial charge on any atom is 0.324 e. The monoisotopic (exact) mass is 473 g/mol. The van der Waals surface area contributed by atoms with Gasteiger partial charge in [-0.05, 0) is 46.6 Å². The van der Waals surface area contributed by atoms with E-state index in [9.17, 15) is 13.2 Å². The summed E-state index contributed by atoms with van der Waals surface area (Å²) in [6.45, 7) is 1.72. The van der Waals surface area contributed by atoms with Crippen LogP contribution in [0.15, 0.2) is 27.5 Å². The highest BCUT2D eigenvalue weighted by atomic mass is 79.9. The lowest BCUT2D eigenvalue weighted by molar-refractivity contribution is 0.267. The third kappa shape index (κ3) is 4.87. The zero-order chi connectivity index (χ0) is 21.1. The average Bonchev–Trinajstić information content (AvgIpc) is 2.61. The SMILES string of the molecule is COc1cc(OC)c(C=Cc2cc(C)cc(=O)n2OS(C)(=O)=O)c(OC)c1Br. The minimum absolute atomic E-state index is 0.228. The van der Waals surface area contributed by atoms with E-state index in [0.29, 0.717) is 37.6 Å². The molecule has 0 aliphatic heterocycles. The van der Waals surface area contributed by atoms with E-state index >= 15 is 0 Å². The number of pyridine rings is 1. The number of hydrogen-bond acceptors (Lipinski definition) is 7. The molecule has 0 N–H and O–H groups in total. The molecule has 0 aliphatic rings. The van der Waals surface area contributed by atoms with Gasteiger partial charge in [-0.2, -0.15) is 8.42 Å². The molecule has 0 atom stereocenters. The predicted octanol–water partition coefficient (Wildman–Crippen LogP) is 2.50. The molecule has 0 unspecified atom stereocenters. The summed E-state index contributed by atoms with van der Waals surface area (Å²) in [5.41, 5.74) is 0.816. The number of aromatic nitrogens is 1. The van der Waals surface area contributed by atoms with Gasteiger partial charge in [0.05, 0.1) is 38.8 Å². The third-order valence-electron chi connectivity index (χ3n) is 3.62. The molecule has 0 bridgehead atoms. The lowest BCUT2D eigenvalue weighted by Gasteiger charge is -2.15. The number of hydrogen-bond donors (Lipinski definition) is 0. The van der Waals surface area contributed by atoms with Crippen LogP contribution in [0, 0.1) is 6.92 Å². The Balaban J connectivity index is 2.67. The van der Waals surface area contributed by atoms with Crippen molar-refractivity contribution in [2.45, 2.75) is 6.92 Å². The van der Waals surface area contributed by atoms with Crippen molar-refractivity contribution < 1.29 is 26.9 Å². The van der Waals surface area contributed by atoms with Crippen LogP contribution in [0.3, 0.4) is 0 Å². The fourth-order valence-electron chi connectivity index (χ4n) is 2.49. The molecule has 152 valence electrons. The Morgan fingerprint density at radius 2 is 1.64 bits per heavy atom. The van der Waals surface area contributed by atoms with Crippen molar-refractivity contribution in [3.63, 3.8) is 0 Å². The molecular formula is C18H20BrNO7S. The Bertz CT molecular complexity index is 1070. The highest BCUT2D eigenvalue weighted by Crippen LogP contribution is 2.43. The molecule has 8 nitrogen and oxygen atoms in total. The zero-order valence-corrected chi connectivity index (χ0v) is 18.4. The quantitative estimate of drug-likeness (QED) is 0.609. The van der Waals surface area contributed by atoms with E-state index in [-0.39, 0.29) is 5.69 Å². The summed E-state index contributed by atoms with van der Waals surface area (Å²) in [5, 5.41) is 0. The summed E-state index contributed by atoms with van der Waals surface area (Å²) in [6, 6.07) is 4.55. The minimum Gasteiger partial charge on any atom is -0.496 e. The van der Waals surface area contributed by atoms with Gasteiger partial charge >= 0.3 is 10.1 Å². The molecule has 2 rings (SSSR count). The third-order valence-corrected chi connectivity index (χ3v) is 4.79. The van der Waals surface area contributed by atoms with Crippen LogP contribution in [0.4, 0.5) is 0 Å². The van der Waals surface area contributed by atoms with Crippen molar-refractivity contribution in [2.75, 3.05) is 27.6 Å². The van der Waals surface area contributed by atoms with Gasteiger partial charge in [0, 0.05) is 12.1 Å². The van der Waals surface area contributed by atoms with Crippen LogP contribution >= 0.6 is 15.9 Å². The smallest absolute Gasteiger partial charge is 0.324 e. The van der Waals surface area contributed by atoms with Gasteiger partial charge in [-0.15, -0.1) is 4.73 Å². The first-order chi connectivity index (χ1) is 13.1. The first-order valence-electron chi connectivity index (χ1n) is 7.91. The molecule has 0 saturated heterocycles. The molecule has 0 saturated carbocycles. The number of methoxy groups -OCH3 is 3. The molecular weight excluding hydrogens is 454 g/mol. The molecule has 28 heavy (non-hydrogen) atoms. The first kappa shape index (κ1) is 21.8. The number of halogens is 1. The lowest BCUT2D eigenvalue weighted by Crippen LogP contribution is -2.31. The fraction of sp³-hybridized carbons (Fsp3) is 0.278. The highest BCUT2D eigenvalue weighted by molar-refractivity contribution is 9.10. The predicted molar refractivity (Wildman–Crippen MR) is 110 cm³/mol. The van der Waals surface area contributed by atoms with Gasteiger partial charge in [0.2, 0.25) is 0 Å². The molecule has 0 fully saturated rings. The number of nitrogens with zero attached hydrogens (tertiary/aromatic N) is 1. The Kier molecular flexibility index (Phi) is 6.78. The van der Waals surface area contributed by atoms with E-state index in [1.54, 1.807) is 25.1 Å². The van der Waals surface area contributed by atoms with Gasteiger partial charge in [0.1, 0.15) is 21.7 Å². The van der Waals surface area contributed by atoms with E-state index in [2.05, 4.69) is 15.9 Å². The molecule has 1 aromatic heterocycles. The van der Waals surface area contributed by atoms with E-state index < -0.39 is 15.7 Å². The minimum atomic E-state index is -3.90. The second-order valence-corrected chi connectivity index (χ2v) is 8.09.